The molecule has 7 heteroatoms. The van der Waals surface area contributed by atoms with Crippen LogP contribution in [0.4, 0.5) is 5.69 Å². The molecule has 0 bridgehead atoms. The molecule has 1 aromatic carbocycles. The van der Waals surface area contributed by atoms with E-state index in [4.69, 9.17) is 15.7 Å². The molecule has 2 aromatic rings. The molecule has 0 saturated heterocycles. The van der Waals surface area contributed by atoms with Crippen molar-refractivity contribution < 1.29 is 4.74 Å². The van der Waals surface area contributed by atoms with Crippen LogP contribution in [0.15, 0.2) is 33.8 Å². The van der Waals surface area contributed by atoms with E-state index in [1.165, 1.54) is 12.4 Å². The first-order chi connectivity index (χ1) is 8.61. The molecule has 0 spiro atoms. The lowest BCUT2D eigenvalue weighted by atomic mass is 10.2. The van der Waals surface area contributed by atoms with Crippen molar-refractivity contribution in [2.45, 2.75) is 0 Å². The number of nitrogen functional groups attached to an aromatic ring is 1. The first kappa shape index (κ1) is 12.1. The molecule has 18 heavy (non-hydrogen) atoms. The summed E-state index contributed by atoms with van der Waals surface area (Å²) in [5, 5.41) is 8.71. The lowest BCUT2D eigenvalue weighted by Gasteiger charge is -2.08. The Kier molecular flexibility index (Phi) is 3.30. The number of nitrogens with zero attached hydrogens (tertiary/aromatic N) is 2. The average molecular weight is 307 g/mol. The molecular formula is C11H7BrN4O2. The van der Waals surface area contributed by atoms with Crippen LogP contribution in [0.3, 0.4) is 0 Å². The van der Waals surface area contributed by atoms with Crippen LogP contribution in [-0.4, -0.2) is 9.97 Å². The van der Waals surface area contributed by atoms with Crippen LogP contribution in [0.25, 0.3) is 0 Å². The number of benzene rings is 1. The van der Waals surface area contributed by atoms with Gasteiger partial charge in [-0.1, -0.05) is 0 Å². The summed E-state index contributed by atoms with van der Waals surface area (Å²) in [5.74, 6) is 0.433. The monoisotopic (exact) mass is 306 g/mol. The number of hydrogen-bond acceptors (Lipinski definition) is 5. The van der Waals surface area contributed by atoms with Gasteiger partial charge in [0.25, 0.3) is 5.56 Å². The van der Waals surface area contributed by atoms with Crippen molar-refractivity contribution in [2.75, 3.05) is 5.73 Å². The maximum atomic E-state index is 11.3. The SMILES string of the molecule is N#Cc1ccc(Oc2nc[nH]c(=O)c2Br)c(N)c1. The maximum absolute atomic E-state index is 11.3. The van der Waals surface area contributed by atoms with E-state index in [2.05, 4.69) is 25.9 Å². The minimum atomic E-state index is -0.354. The molecular weight excluding hydrogens is 300 g/mol. The van der Waals surface area contributed by atoms with Gasteiger partial charge >= 0.3 is 0 Å². The highest BCUT2D eigenvalue weighted by atomic mass is 79.9. The predicted molar refractivity (Wildman–Crippen MR) is 68.2 cm³/mol. The Morgan fingerprint density at radius 3 is 2.94 bits per heavy atom. The summed E-state index contributed by atoms with van der Waals surface area (Å²) in [4.78, 5) is 17.6. The fourth-order valence-corrected chi connectivity index (χ4v) is 1.55. The second kappa shape index (κ2) is 4.89. The highest BCUT2D eigenvalue weighted by molar-refractivity contribution is 9.10. The molecule has 0 atom stereocenters. The molecule has 2 rings (SSSR count). The van der Waals surface area contributed by atoms with E-state index in [0.717, 1.165) is 0 Å². The van der Waals surface area contributed by atoms with Crippen LogP contribution in [0.5, 0.6) is 11.6 Å². The fraction of sp³-hybridized carbons (Fsp3) is 0. The summed E-state index contributed by atoms with van der Waals surface area (Å²) >= 11 is 3.07. The van der Waals surface area contributed by atoms with Gasteiger partial charge in [-0.15, -0.1) is 0 Å². The van der Waals surface area contributed by atoms with Gasteiger partial charge in [0, 0.05) is 0 Å². The van der Waals surface area contributed by atoms with Gasteiger partial charge in [0.05, 0.1) is 23.6 Å². The highest BCUT2D eigenvalue weighted by Gasteiger charge is 2.10. The number of hydrogen-bond donors (Lipinski definition) is 2. The average Bonchev–Trinajstić information content (AvgIpc) is 2.37. The Balaban J connectivity index is 2.38. The Morgan fingerprint density at radius 2 is 2.28 bits per heavy atom. The van der Waals surface area contributed by atoms with Crippen molar-refractivity contribution in [3.63, 3.8) is 0 Å². The van der Waals surface area contributed by atoms with E-state index in [1.54, 1.807) is 12.1 Å². The van der Waals surface area contributed by atoms with Crippen LogP contribution in [0.1, 0.15) is 5.56 Å². The number of rotatable bonds is 2. The lowest BCUT2D eigenvalue weighted by Crippen LogP contribution is -2.08. The number of halogens is 1. The zero-order chi connectivity index (χ0) is 13.1. The molecule has 0 aliphatic carbocycles. The van der Waals surface area contributed by atoms with Gasteiger partial charge in [0.1, 0.15) is 4.47 Å². The van der Waals surface area contributed by atoms with Crippen LogP contribution in [-0.2, 0) is 0 Å². The number of nitrogens with one attached hydrogen (secondary N) is 1. The minimum absolute atomic E-state index is 0.107. The van der Waals surface area contributed by atoms with Crippen molar-refractivity contribution in [3.05, 3.63) is 44.9 Å². The van der Waals surface area contributed by atoms with Gasteiger partial charge < -0.3 is 15.5 Å². The van der Waals surface area contributed by atoms with E-state index in [1.807, 2.05) is 6.07 Å². The molecule has 0 fully saturated rings. The van der Waals surface area contributed by atoms with Crippen molar-refractivity contribution in [2.24, 2.45) is 0 Å². The summed E-state index contributed by atoms with van der Waals surface area (Å²) in [5.41, 5.74) is 6.10. The molecule has 1 aromatic heterocycles. The summed E-state index contributed by atoms with van der Waals surface area (Å²) in [6, 6.07) is 6.55. The van der Waals surface area contributed by atoms with E-state index in [0.29, 0.717) is 17.0 Å². The Hall–Kier alpha value is -2.33. The second-order valence-electron chi connectivity index (χ2n) is 3.32. The number of nitriles is 1. The summed E-state index contributed by atoms with van der Waals surface area (Å²) in [7, 11) is 0. The zero-order valence-electron chi connectivity index (χ0n) is 8.98. The molecule has 0 saturated carbocycles. The number of aromatic amines is 1. The predicted octanol–water partition coefficient (Wildman–Crippen LogP) is 1.78. The van der Waals surface area contributed by atoms with Gasteiger partial charge in [-0.2, -0.15) is 5.26 Å². The molecule has 3 N–H and O–H groups in total. The Bertz CT molecular complexity index is 690. The third kappa shape index (κ3) is 2.33. The summed E-state index contributed by atoms with van der Waals surface area (Å²) < 4.78 is 5.58. The van der Waals surface area contributed by atoms with Crippen LogP contribution < -0.4 is 16.0 Å². The quantitative estimate of drug-likeness (QED) is 0.823. The first-order valence-corrected chi connectivity index (χ1v) is 5.62. The van der Waals surface area contributed by atoms with Crippen molar-refractivity contribution in [3.8, 4) is 17.7 Å². The third-order valence-corrected chi connectivity index (χ3v) is 2.81. The number of aromatic nitrogens is 2. The van der Waals surface area contributed by atoms with Crippen molar-refractivity contribution in [1.82, 2.24) is 9.97 Å². The van der Waals surface area contributed by atoms with Gasteiger partial charge in [-0.3, -0.25) is 4.79 Å². The standard InChI is InChI=1S/C11H7BrN4O2/c12-9-10(17)15-5-16-11(9)18-8-2-1-6(4-13)3-7(8)14/h1-3,5H,14H2,(H,15,16,17). The Morgan fingerprint density at radius 1 is 1.50 bits per heavy atom. The highest BCUT2D eigenvalue weighted by Crippen LogP contribution is 2.29. The molecule has 0 radical (unpaired) electrons. The zero-order valence-corrected chi connectivity index (χ0v) is 10.6. The van der Waals surface area contributed by atoms with Crippen molar-refractivity contribution in [1.29, 1.82) is 5.26 Å². The third-order valence-electron chi connectivity index (χ3n) is 2.11. The topological polar surface area (TPSA) is 105 Å². The van der Waals surface area contributed by atoms with E-state index in [9.17, 15) is 4.79 Å². The molecule has 0 unspecified atom stereocenters. The van der Waals surface area contributed by atoms with E-state index < -0.39 is 0 Å². The second-order valence-corrected chi connectivity index (χ2v) is 4.11. The molecule has 90 valence electrons. The largest absolute Gasteiger partial charge is 0.435 e. The molecule has 0 amide bonds. The summed E-state index contributed by atoms with van der Waals surface area (Å²) in [6.07, 6.45) is 1.22. The van der Waals surface area contributed by atoms with Crippen LogP contribution >= 0.6 is 15.9 Å². The minimum Gasteiger partial charge on any atom is -0.435 e. The number of nitrogens with two attached hydrogens (primary N) is 1. The first-order valence-electron chi connectivity index (χ1n) is 4.82. The lowest BCUT2D eigenvalue weighted by molar-refractivity contribution is 0.459. The fourth-order valence-electron chi connectivity index (χ4n) is 1.25. The van der Waals surface area contributed by atoms with Gasteiger partial charge in [0.15, 0.2) is 5.75 Å². The number of H-pyrrole nitrogens is 1. The van der Waals surface area contributed by atoms with Crippen LogP contribution in [0.2, 0.25) is 0 Å². The van der Waals surface area contributed by atoms with Crippen molar-refractivity contribution >= 4 is 21.6 Å². The van der Waals surface area contributed by atoms with E-state index >= 15 is 0 Å². The smallest absolute Gasteiger partial charge is 0.268 e. The molecule has 0 aliphatic rings. The van der Waals surface area contributed by atoms with E-state index in [-0.39, 0.29) is 15.9 Å². The van der Waals surface area contributed by atoms with Gasteiger partial charge in [0.2, 0.25) is 5.88 Å². The Labute approximate surface area is 110 Å². The van der Waals surface area contributed by atoms with Gasteiger partial charge in [-0.25, -0.2) is 4.98 Å². The molecule has 0 aliphatic heterocycles. The molecule has 6 nitrogen and oxygen atoms in total. The van der Waals surface area contributed by atoms with Gasteiger partial charge in [-0.05, 0) is 34.1 Å². The maximum Gasteiger partial charge on any atom is 0.268 e. The summed E-state index contributed by atoms with van der Waals surface area (Å²) in [6.45, 7) is 0. The number of anilines is 1. The normalized spacial score (nSPS) is 9.78. The molecule has 1 heterocycles. The van der Waals surface area contributed by atoms with Crippen LogP contribution in [0, 0.1) is 11.3 Å². The number of ether oxygens (including phenoxy) is 1.